The number of benzene rings is 1. The van der Waals surface area contributed by atoms with Crippen LogP contribution in [0.4, 0.5) is 0 Å². The van der Waals surface area contributed by atoms with Crippen molar-refractivity contribution in [2.45, 2.75) is 13.8 Å². The first-order valence-corrected chi connectivity index (χ1v) is 6.50. The van der Waals surface area contributed by atoms with Crippen molar-refractivity contribution < 1.29 is 4.79 Å². The Bertz CT molecular complexity index is 682. The lowest BCUT2D eigenvalue weighted by molar-refractivity contribution is 0.102. The highest BCUT2D eigenvalue weighted by Crippen LogP contribution is 2.15. The van der Waals surface area contributed by atoms with Gasteiger partial charge in [0.1, 0.15) is 11.5 Å². The van der Waals surface area contributed by atoms with Gasteiger partial charge < -0.3 is 15.2 Å². The van der Waals surface area contributed by atoms with Crippen molar-refractivity contribution >= 4 is 5.78 Å². The number of allylic oxidation sites excluding steroid dienone is 2. The van der Waals surface area contributed by atoms with Crippen LogP contribution in [0.3, 0.4) is 0 Å². The van der Waals surface area contributed by atoms with Crippen molar-refractivity contribution in [3.63, 3.8) is 0 Å². The van der Waals surface area contributed by atoms with Gasteiger partial charge in [-0.05, 0) is 38.1 Å². The molecule has 0 atom stereocenters. The summed E-state index contributed by atoms with van der Waals surface area (Å²) in [7, 11) is 0. The van der Waals surface area contributed by atoms with E-state index >= 15 is 0 Å². The van der Waals surface area contributed by atoms with E-state index in [1.165, 1.54) is 0 Å². The normalized spacial score (nSPS) is 14.1. The number of imidazole rings is 1. The van der Waals surface area contributed by atoms with E-state index < -0.39 is 0 Å². The maximum atomic E-state index is 12.3. The van der Waals surface area contributed by atoms with Crippen LogP contribution in [0.15, 0.2) is 48.1 Å². The standard InChI is InChI=1S/C15H16N4O/c1-10-14(18-9-17-10)15(20)12-3-5-13(6-4-12)19-8-7-16-11(19)2/h3-8,17-18H,9H2,1-2H3. The van der Waals surface area contributed by atoms with Gasteiger partial charge in [-0.15, -0.1) is 0 Å². The van der Waals surface area contributed by atoms with Crippen LogP contribution >= 0.6 is 0 Å². The van der Waals surface area contributed by atoms with E-state index in [-0.39, 0.29) is 5.78 Å². The summed E-state index contributed by atoms with van der Waals surface area (Å²) in [6.45, 7) is 4.46. The van der Waals surface area contributed by atoms with Gasteiger partial charge in [0.25, 0.3) is 0 Å². The van der Waals surface area contributed by atoms with E-state index in [0.29, 0.717) is 17.9 Å². The minimum absolute atomic E-state index is 0.0152. The number of hydrogen-bond donors (Lipinski definition) is 2. The Labute approximate surface area is 117 Å². The lowest BCUT2D eigenvalue weighted by Crippen LogP contribution is -2.19. The second-order valence-corrected chi connectivity index (χ2v) is 4.75. The fourth-order valence-electron chi connectivity index (χ4n) is 2.31. The van der Waals surface area contributed by atoms with Crippen LogP contribution in [0.25, 0.3) is 5.69 Å². The number of nitrogens with zero attached hydrogens (tertiary/aromatic N) is 2. The zero-order chi connectivity index (χ0) is 14.1. The van der Waals surface area contributed by atoms with Gasteiger partial charge in [0.2, 0.25) is 5.78 Å². The summed E-state index contributed by atoms with van der Waals surface area (Å²) in [6, 6.07) is 7.55. The summed E-state index contributed by atoms with van der Waals surface area (Å²) in [4.78, 5) is 16.5. The van der Waals surface area contributed by atoms with Crippen LogP contribution < -0.4 is 10.6 Å². The van der Waals surface area contributed by atoms with Crippen molar-refractivity contribution in [1.29, 1.82) is 0 Å². The Morgan fingerprint density at radius 1 is 1.20 bits per heavy atom. The lowest BCUT2D eigenvalue weighted by Gasteiger charge is -2.07. The summed E-state index contributed by atoms with van der Waals surface area (Å²) in [6.07, 6.45) is 3.66. The van der Waals surface area contributed by atoms with Crippen molar-refractivity contribution in [2.75, 3.05) is 6.67 Å². The molecule has 0 spiro atoms. The highest BCUT2D eigenvalue weighted by molar-refractivity contribution is 6.09. The van der Waals surface area contributed by atoms with E-state index in [4.69, 9.17) is 0 Å². The average molecular weight is 268 g/mol. The molecular formula is C15H16N4O. The van der Waals surface area contributed by atoms with Gasteiger partial charge >= 0.3 is 0 Å². The SMILES string of the molecule is CC1=C(C(=O)c2ccc(-n3ccnc3C)cc2)NCN1. The summed E-state index contributed by atoms with van der Waals surface area (Å²) in [5, 5.41) is 6.16. The van der Waals surface area contributed by atoms with Gasteiger partial charge in [0.15, 0.2) is 0 Å². The van der Waals surface area contributed by atoms with Gasteiger partial charge in [0, 0.05) is 29.3 Å². The van der Waals surface area contributed by atoms with E-state index in [2.05, 4.69) is 15.6 Å². The Kier molecular flexibility index (Phi) is 3.02. The third-order valence-electron chi connectivity index (χ3n) is 3.45. The van der Waals surface area contributed by atoms with E-state index in [1.54, 1.807) is 6.20 Å². The zero-order valence-electron chi connectivity index (χ0n) is 11.5. The van der Waals surface area contributed by atoms with Gasteiger partial charge in [-0.3, -0.25) is 4.79 Å². The number of carbonyl (C=O) groups is 1. The average Bonchev–Trinajstić information content (AvgIpc) is 3.07. The van der Waals surface area contributed by atoms with Crippen LogP contribution in [0.1, 0.15) is 23.1 Å². The van der Waals surface area contributed by atoms with Crippen LogP contribution in [0.5, 0.6) is 0 Å². The molecule has 2 N–H and O–H groups in total. The number of Topliss-reactive ketones (excluding diaryl/α,β-unsaturated/α-hetero) is 1. The van der Waals surface area contributed by atoms with Gasteiger partial charge in [0.05, 0.1) is 6.67 Å². The Morgan fingerprint density at radius 2 is 1.95 bits per heavy atom. The number of aromatic nitrogens is 2. The number of carbonyl (C=O) groups excluding carboxylic acids is 1. The maximum Gasteiger partial charge on any atom is 0.210 e. The van der Waals surface area contributed by atoms with Gasteiger partial charge in [-0.25, -0.2) is 4.98 Å². The largest absolute Gasteiger partial charge is 0.370 e. The number of hydrogen-bond acceptors (Lipinski definition) is 4. The van der Waals surface area contributed by atoms with E-state index in [9.17, 15) is 4.79 Å². The highest BCUT2D eigenvalue weighted by Gasteiger charge is 2.18. The number of nitrogens with one attached hydrogen (secondary N) is 2. The molecular weight excluding hydrogens is 252 g/mol. The summed E-state index contributed by atoms with van der Waals surface area (Å²) >= 11 is 0. The summed E-state index contributed by atoms with van der Waals surface area (Å²) < 4.78 is 1.98. The minimum Gasteiger partial charge on any atom is -0.370 e. The molecule has 0 aliphatic carbocycles. The molecule has 0 fully saturated rings. The molecule has 1 aromatic heterocycles. The molecule has 0 saturated heterocycles. The topological polar surface area (TPSA) is 59.0 Å². The molecule has 3 rings (SSSR count). The number of aryl methyl sites for hydroxylation is 1. The molecule has 20 heavy (non-hydrogen) atoms. The fourth-order valence-corrected chi connectivity index (χ4v) is 2.31. The molecule has 0 amide bonds. The zero-order valence-corrected chi connectivity index (χ0v) is 11.5. The predicted octanol–water partition coefficient (Wildman–Crippen LogP) is 1.75. The van der Waals surface area contributed by atoms with Crippen LogP contribution in [-0.2, 0) is 0 Å². The van der Waals surface area contributed by atoms with Crippen molar-refractivity contribution in [1.82, 2.24) is 20.2 Å². The van der Waals surface area contributed by atoms with Crippen LogP contribution in [0, 0.1) is 6.92 Å². The van der Waals surface area contributed by atoms with Crippen LogP contribution in [0.2, 0.25) is 0 Å². The molecule has 102 valence electrons. The first-order chi connectivity index (χ1) is 9.66. The van der Waals surface area contributed by atoms with Gasteiger partial charge in [-0.2, -0.15) is 0 Å². The minimum atomic E-state index is 0.0152. The molecule has 2 heterocycles. The summed E-state index contributed by atoms with van der Waals surface area (Å²) in [5.41, 5.74) is 3.22. The highest BCUT2D eigenvalue weighted by atomic mass is 16.1. The molecule has 0 bridgehead atoms. The quantitative estimate of drug-likeness (QED) is 0.833. The van der Waals surface area contributed by atoms with Crippen molar-refractivity contribution in [2.24, 2.45) is 0 Å². The second kappa shape index (κ2) is 4.85. The first kappa shape index (κ1) is 12.5. The number of ketones is 1. The second-order valence-electron chi connectivity index (χ2n) is 4.75. The van der Waals surface area contributed by atoms with Gasteiger partial charge in [-0.1, -0.05) is 0 Å². The first-order valence-electron chi connectivity index (χ1n) is 6.50. The molecule has 0 saturated carbocycles. The van der Waals surface area contributed by atoms with E-state index in [0.717, 1.165) is 17.2 Å². The third kappa shape index (κ3) is 2.07. The lowest BCUT2D eigenvalue weighted by atomic mass is 10.1. The molecule has 1 aromatic carbocycles. The molecule has 0 unspecified atom stereocenters. The predicted molar refractivity (Wildman–Crippen MR) is 76.5 cm³/mol. The Balaban J connectivity index is 1.89. The molecule has 5 heteroatoms. The van der Waals surface area contributed by atoms with Crippen molar-refractivity contribution in [3.05, 3.63) is 59.4 Å². The molecule has 1 aliphatic rings. The molecule has 1 aliphatic heterocycles. The third-order valence-corrected chi connectivity index (χ3v) is 3.45. The van der Waals surface area contributed by atoms with Crippen LogP contribution in [-0.4, -0.2) is 22.0 Å². The number of rotatable bonds is 3. The molecule has 0 radical (unpaired) electrons. The smallest absolute Gasteiger partial charge is 0.210 e. The fraction of sp³-hybridized carbons (Fsp3) is 0.200. The van der Waals surface area contributed by atoms with E-state index in [1.807, 2.05) is 48.9 Å². The molecule has 2 aromatic rings. The Morgan fingerprint density at radius 3 is 2.50 bits per heavy atom. The monoisotopic (exact) mass is 268 g/mol. The summed E-state index contributed by atoms with van der Waals surface area (Å²) in [5.74, 6) is 0.936. The Hall–Kier alpha value is -2.56. The molecule has 5 nitrogen and oxygen atoms in total. The van der Waals surface area contributed by atoms with Crippen molar-refractivity contribution in [3.8, 4) is 5.69 Å². The maximum absolute atomic E-state index is 12.3.